The van der Waals surface area contributed by atoms with Crippen LogP contribution in [0.4, 0.5) is 0 Å². The molecular weight excluding hydrogens is 264 g/mol. The van der Waals surface area contributed by atoms with E-state index in [0.717, 1.165) is 17.7 Å². The highest BCUT2D eigenvalue weighted by molar-refractivity contribution is 5.94. The average Bonchev–Trinajstić information content (AvgIpc) is 2.91. The van der Waals surface area contributed by atoms with Crippen LogP contribution in [0.25, 0.3) is 0 Å². The molecule has 0 aliphatic heterocycles. The van der Waals surface area contributed by atoms with E-state index in [1.807, 2.05) is 25.2 Å². The largest absolute Gasteiger partial charge is 0.352 e. The molecule has 5 nitrogen and oxygen atoms in total. The second-order valence-corrected chi connectivity index (χ2v) is 4.54. The predicted molar refractivity (Wildman–Crippen MR) is 81.6 cm³/mol. The van der Waals surface area contributed by atoms with Gasteiger partial charge in [-0.2, -0.15) is 5.10 Å². The van der Waals surface area contributed by atoms with Gasteiger partial charge < -0.3 is 11.1 Å². The smallest absolute Gasteiger partial charge is 0.251 e. The molecule has 2 aromatic rings. The minimum absolute atomic E-state index is 0.103. The predicted octanol–water partition coefficient (Wildman–Crippen LogP) is 0.703. The molecular formula is C16H18N4O. The first kappa shape index (κ1) is 14.8. The number of nitrogens with one attached hydrogen (secondary N) is 1. The van der Waals surface area contributed by atoms with Crippen molar-refractivity contribution in [2.24, 2.45) is 12.8 Å². The Morgan fingerprint density at radius 1 is 1.43 bits per heavy atom. The Hall–Kier alpha value is -2.58. The summed E-state index contributed by atoms with van der Waals surface area (Å²) in [5.41, 5.74) is 7.81. The van der Waals surface area contributed by atoms with Gasteiger partial charge in [-0.15, -0.1) is 0 Å². The van der Waals surface area contributed by atoms with E-state index in [9.17, 15) is 4.79 Å². The van der Waals surface area contributed by atoms with Crippen LogP contribution in [0.5, 0.6) is 0 Å². The summed E-state index contributed by atoms with van der Waals surface area (Å²) >= 11 is 0. The van der Waals surface area contributed by atoms with Gasteiger partial charge in [0, 0.05) is 43.0 Å². The fourth-order valence-corrected chi connectivity index (χ4v) is 1.94. The molecule has 0 radical (unpaired) electrons. The van der Waals surface area contributed by atoms with Gasteiger partial charge in [-0.1, -0.05) is 17.9 Å². The summed E-state index contributed by atoms with van der Waals surface area (Å²) in [6.45, 7) is 0.873. The lowest BCUT2D eigenvalue weighted by Crippen LogP contribution is -2.26. The van der Waals surface area contributed by atoms with Gasteiger partial charge in [-0.05, 0) is 24.3 Å². The number of aryl methyl sites for hydroxylation is 1. The molecule has 1 aromatic heterocycles. The third-order valence-electron chi connectivity index (χ3n) is 3.05. The molecule has 1 heterocycles. The summed E-state index contributed by atoms with van der Waals surface area (Å²) in [4.78, 5) is 12.1. The number of hydrogen-bond donors (Lipinski definition) is 2. The minimum atomic E-state index is -0.103. The van der Waals surface area contributed by atoms with Crippen molar-refractivity contribution >= 4 is 5.91 Å². The standard InChI is InChI=1S/C16H18N4O/c1-20-15(8-11-19-20)7-10-18-16(21)14-6-2-4-13(12-14)5-3-9-17/h2,4,6,8,11-12H,7,9-10,17H2,1H3,(H,18,21). The number of benzene rings is 1. The van der Waals surface area contributed by atoms with Crippen molar-refractivity contribution in [2.45, 2.75) is 6.42 Å². The lowest BCUT2D eigenvalue weighted by atomic mass is 10.1. The average molecular weight is 282 g/mol. The number of aromatic nitrogens is 2. The number of carbonyl (C=O) groups excluding carboxylic acids is 1. The maximum Gasteiger partial charge on any atom is 0.251 e. The topological polar surface area (TPSA) is 72.9 Å². The summed E-state index contributed by atoms with van der Waals surface area (Å²) in [5.74, 6) is 5.59. The molecule has 0 saturated heterocycles. The highest BCUT2D eigenvalue weighted by Crippen LogP contribution is 2.04. The second kappa shape index (κ2) is 7.27. The van der Waals surface area contributed by atoms with Crippen LogP contribution in [0.3, 0.4) is 0 Å². The van der Waals surface area contributed by atoms with E-state index >= 15 is 0 Å². The highest BCUT2D eigenvalue weighted by Gasteiger charge is 2.06. The van der Waals surface area contributed by atoms with Crippen molar-refractivity contribution in [3.05, 3.63) is 53.3 Å². The van der Waals surface area contributed by atoms with Crippen molar-refractivity contribution in [3.8, 4) is 11.8 Å². The molecule has 0 aliphatic rings. The van der Waals surface area contributed by atoms with Crippen LogP contribution in [-0.2, 0) is 13.5 Å². The van der Waals surface area contributed by atoms with Gasteiger partial charge in [-0.3, -0.25) is 9.48 Å². The number of rotatable bonds is 4. The molecule has 1 amide bonds. The molecule has 0 aliphatic carbocycles. The van der Waals surface area contributed by atoms with Gasteiger partial charge >= 0.3 is 0 Å². The second-order valence-electron chi connectivity index (χ2n) is 4.54. The van der Waals surface area contributed by atoms with Gasteiger partial charge in [-0.25, -0.2) is 0 Å². The molecule has 2 rings (SSSR count). The van der Waals surface area contributed by atoms with E-state index in [4.69, 9.17) is 5.73 Å². The molecule has 0 fully saturated rings. The zero-order valence-electron chi connectivity index (χ0n) is 12.0. The van der Waals surface area contributed by atoms with Crippen molar-refractivity contribution in [1.82, 2.24) is 15.1 Å². The molecule has 0 atom stereocenters. The van der Waals surface area contributed by atoms with Crippen molar-refractivity contribution in [1.29, 1.82) is 0 Å². The Labute approximate surface area is 124 Å². The van der Waals surface area contributed by atoms with Crippen LogP contribution in [0, 0.1) is 11.8 Å². The van der Waals surface area contributed by atoms with E-state index in [-0.39, 0.29) is 5.91 Å². The lowest BCUT2D eigenvalue weighted by molar-refractivity contribution is 0.0954. The maximum atomic E-state index is 12.1. The fraction of sp³-hybridized carbons (Fsp3) is 0.250. The molecule has 0 spiro atoms. The molecule has 108 valence electrons. The molecule has 0 saturated carbocycles. The zero-order chi connectivity index (χ0) is 15.1. The summed E-state index contributed by atoms with van der Waals surface area (Å²) in [6, 6.07) is 9.15. The normalized spacial score (nSPS) is 9.81. The van der Waals surface area contributed by atoms with Gasteiger partial charge in [0.1, 0.15) is 0 Å². The Balaban J connectivity index is 1.92. The van der Waals surface area contributed by atoms with E-state index < -0.39 is 0 Å². The molecule has 1 aromatic carbocycles. The Morgan fingerprint density at radius 3 is 3.00 bits per heavy atom. The highest BCUT2D eigenvalue weighted by atomic mass is 16.1. The van der Waals surface area contributed by atoms with Gasteiger partial charge in [0.15, 0.2) is 0 Å². The summed E-state index contributed by atoms with van der Waals surface area (Å²) < 4.78 is 1.80. The minimum Gasteiger partial charge on any atom is -0.352 e. The van der Waals surface area contributed by atoms with Gasteiger partial charge in [0.05, 0.1) is 6.54 Å². The fourth-order valence-electron chi connectivity index (χ4n) is 1.94. The molecule has 21 heavy (non-hydrogen) atoms. The SMILES string of the molecule is Cn1nccc1CCNC(=O)c1cccc(C#CCN)c1. The quantitative estimate of drug-likeness (QED) is 0.811. The van der Waals surface area contributed by atoms with Crippen LogP contribution >= 0.6 is 0 Å². The third kappa shape index (κ3) is 4.20. The monoisotopic (exact) mass is 282 g/mol. The van der Waals surface area contributed by atoms with Crippen molar-refractivity contribution in [3.63, 3.8) is 0 Å². The first-order valence-corrected chi connectivity index (χ1v) is 6.75. The van der Waals surface area contributed by atoms with E-state index in [1.54, 1.807) is 23.0 Å². The van der Waals surface area contributed by atoms with E-state index in [2.05, 4.69) is 22.3 Å². The molecule has 3 N–H and O–H groups in total. The Bertz CT molecular complexity index is 679. The molecule has 0 bridgehead atoms. The number of hydrogen-bond acceptors (Lipinski definition) is 3. The van der Waals surface area contributed by atoms with Crippen LogP contribution in [0.2, 0.25) is 0 Å². The van der Waals surface area contributed by atoms with E-state index in [1.165, 1.54) is 0 Å². The zero-order valence-corrected chi connectivity index (χ0v) is 12.0. The summed E-state index contributed by atoms with van der Waals surface area (Å²) in [5, 5.41) is 6.99. The summed E-state index contributed by atoms with van der Waals surface area (Å²) in [6.07, 6.45) is 2.49. The number of nitrogens with zero attached hydrogens (tertiary/aromatic N) is 2. The number of carbonyl (C=O) groups is 1. The number of nitrogens with two attached hydrogens (primary N) is 1. The third-order valence-corrected chi connectivity index (χ3v) is 3.05. The Morgan fingerprint density at radius 2 is 2.29 bits per heavy atom. The maximum absolute atomic E-state index is 12.1. The van der Waals surface area contributed by atoms with Crippen LogP contribution in [0.15, 0.2) is 36.5 Å². The molecule has 0 unspecified atom stereocenters. The summed E-state index contributed by atoms with van der Waals surface area (Å²) in [7, 11) is 1.89. The first-order valence-electron chi connectivity index (χ1n) is 6.75. The number of amides is 1. The van der Waals surface area contributed by atoms with Gasteiger partial charge in [0.2, 0.25) is 0 Å². The van der Waals surface area contributed by atoms with E-state index in [0.29, 0.717) is 18.7 Å². The Kier molecular flexibility index (Phi) is 5.13. The van der Waals surface area contributed by atoms with Gasteiger partial charge in [0.25, 0.3) is 5.91 Å². The first-order chi connectivity index (χ1) is 10.2. The van der Waals surface area contributed by atoms with Crippen molar-refractivity contribution in [2.75, 3.05) is 13.1 Å². The van der Waals surface area contributed by atoms with Crippen LogP contribution in [0.1, 0.15) is 21.6 Å². The lowest BCUT2D eigenvalue weighted by Gasteiger charge is -2.06. The van der Waals surface area contributed by atoms with Crippen molar-refractivity contribution < 1.29 is 4.79 Å². The molecule has 5 heteroatoms. The van der Waals surface area contributed by atoms with Crippen LogP contribution < -0.4 is 11.1 Å². The van der Waals surface area contributed by atoms with Crippen LogP contribution in [-0.4, -0.2) is 28.8 Å².